The molecule has 0 aromatic carbocycles. The van der Waals surface area contributed by atoms with Gasteiger partial charge in [0.1, 0.15) is 6.61 Å². The molecule has 0 N–H and O–H groups in total. The molecule has 4 nitrogen and oxygen atoms in total. The predicted octanol–water partition coefficient (Wildman–Crippen LogP) is 1.37. The number of hydrogen-bond acceptors (Lipinski definition) is 4. The highest BCUT2D eigenvalue weighted by Crippen LogP contribution is 2.26. The topological polar surface area (TPSA) is 44.8 Å². The summed E-state index contributed by atoms with van der Waals surface area (Å²) < 4.78 is 14.1. The van der Waals surface area contributed by atoms with Crippen LogP contribution in [0.5, 0.6) is 0 Å². The fourth-order valence-corrected chi connectivity index (χ4v) is 0.942. The normalized spacial score (nSPS) is 19.5. The molecule has 70 valence electrons. The Balaban J connectivity index is 2.12. The fraction of sp³-hybridized carbons (Fsp3) is 0.857. The van der Waals surface area contributed by atoms with Crippen molar-refractivity contribution < 1.29 is 19.0 Å². The van der Waals surface area contributed by atoms with Crippen molar-refractivity contribution in [2.45, 2.75) is 6.92 Å². The van der Waals surface area contributed by atoms with Gasteiger partial charge in [-0.1, -0.05) is 18.5 Å². The van der Waals surface area contributed by atoms with Gasteiger partial charge in [0.05, 0.1) is 13.2 Å². The number of carbonyl (C=O) groups is 1. The van der Waals surface area contributed by atoms with Crippen molar-refractivity contribution in [1.82, 2.24) is 0 Å². The summed E-state index contributed by atoms with van der Waals surface area (Å²) in [4.78, 5) is 10.7. The Morgan fingerprint density at radius 2 is 2.25 bits per heavy atom. The minimum Gasteiger partial charge on any atom is -0.433 e. The van der Waals surface area contributed by atoms with Crippen molar-refractivity contribution in [1.29, 1.82) is 0 Å². The zero-order valence-corrected chi connectivity index (χ0v) is 7.60. The van der Waals surface area contributed by atoms with Crippen LogP contribution in [0.3, 0.4) is 0 Å². The number of rotatable bonds is 3. The van der Waals surface area contributed by atoms with E-state index in [-0.39, 0.29) is 11.5 Å². The van der Waals surface area contributed by atoms with E-state index in [4.69, 9.17) is 21.1 Å². The first kappa shape index (κ1) is 9.61. The van der Waals surface area contributed by atoms with E-state index in [2.05, 4.69) is 4.74 Å². The smallest absolute Gasteiger partial charge is 0.433 e. The molecule has 1 heterocycles. The molecule has 0 unspecified atom stereocenters. The standard InChI is InChI=1S/C7H11ClO4/c1-7(2-10-3-7)4-11-6(9)12-5-8/h2-5H2,1H3. The maximum Gasteiger partial charge on any atom is 0.509 e. The number of ether oxygens (including phenoxy) is 3. The first-order valence-electron chi connectivity index (χ1n) is 3.59. The predicted molar refractivity (Wildman–Crippen MR) is 42.1 cm³/mol. The van der Waals surface area contributed by atoms with Gasteiger partial charge >= 0.3 is 6.16 Å². The van der Waals surface area contributed by atoms with Gasteiger partial charge in [0.15, 0.2) is 6.07 Å². The molecule has 1 rings (SSSR count). The van der Waals surface area contributed by atoms with Crippen molar-refractivity contribution in [3.63, 3.8) is 0 Å². The molecule has 0 bridgehead atoms. The van der Waals surface area contributed by atoms with Crippen molar-refractivity contribution in [2.75, 3.05) is 25.9 Å². The van der Waals surface area contributed by atoms with Gasteiger partial charge in [-0.05, 0) is 0 Å². The third-order valence-electron chi connectivity index (χ3n) is 1.61. The molecule has 0 spiro atoms. The molecule has 12 heavy (non-hydrogen) atoms. The van der Waals surface area contributed by atoms with E-state index in [1.165, 1.54) is 0 Å². The summed E-state index contributed by atoms with van der Waals surface area (Å²) in [6.07, 6.45) is -0.724. The van der Waals surface area contributed by atoms with E-state index in [9.17, 15) is 4.79 Å². The van der Waals surface area contributed by atoms with Crippen LogP contribution in [-0.2, 0) is 14.2 Å². The molecule has 1 fully saturated rings. The summed E-state index contributed by atoms with van der Waals surface area (Å²) in [6.45, 7) is 3.55. The molecular weight excluding hydrogens is 184 g/mol. The first-order chi connectivity index (χ1) is 5.66. The highest BCUT2D eigenvalue weighted by Gasteiger charge is 2.35. The van der Waals surface area contributed by atoms with E-state index in [1.54, 1.807) is 0 Å². The molecule has 0 amide bonds. The van der Waals surface area contributed by atoms with Crippen molar-refractivity contribution >= 4 is 17.8 Å². The number of hydrogen-bond donors (Lipinski definition) is 0. The van der Waals surface area contributed by atoms with Gasteiger partial charge in [-0.3, -0.25) is 0 Å². The average molecular weight is 195 g/mol. The van der Waals surface area contributed by atoms with Crippen LogP contribution in [0.1, 0.15) is 6.92 Å². The Bertz CT molecular complexity index is 167. The third kappa shape index (κ3) is 2.53. The molecule has 0 saturated carbocycles. The summed E-state index contributed by atoms with van der Waals surface area (Å²) in [5.41, 5.74) is -0.0364. The van der Waals surface area contributed by atoms with Gasteiger partial charge in [-0.2, -0.15) is 0 Å². The first-order valence-corrected chi connectivity index (χ1v) is 4.13. The highest BCUT2D eigenvalue weighted by atomic mass is 35.5. The molecule has 0 radical (unpaired) electrons. The van der Waals surface area contributed by atoms with Gasteiger partial charge < -0.3 is 14.2 Å². The Labute approximate surface area is 75.7 Å². The van der Waals surface area contributed by atoms with Crippen LogP contribution in [0, 0.1) is 5.41 Å². The second-order valence-corrected chi connectivity index (χ2v) is 3.31. The largest absolute Gasteiger partial charge is 0.509 e. The lowest BCUT2D eigenvalue weighted by Crippen LogP contribution is -2.44. The van der Waals surface area contributed by atoms with Crippen LogP contribution in [0.4, 0.5) is 4.79 Å². The van der Waals surface area contributed by atoms with Gasteiger partial charge in [0.25, 0.3) is 0 Å². The second kappa shape index (κ2) is 3.96. The zero-order chi connectivity index (χ0) is 9.03. The van der Waals surface area contributed by atoms with E-state index >= 15 is 0 Å². The molecule has 0 atom stereocenters. The van der Waals surface area contributed by atoms with Gasteiger partial charge in [0.2, 0.25) is 0 Å². The quantitative estimate of drug-likeness (QED) is 0.503. The summed E-state index contributed by atoms with van der Waals surface area (Å²) in [5.74, 6) is 0. The molecule has 1 saturated heterocycles. The Hall–Kier alpha value is -0.480. The van der Waals surface area contributed by atoms with Crippen LogP contribution in [0.25, 0.3) is 0 Å². The van der Waals surface area contributed by atoms with Gasteiger partial charge in [-0.25, -0.2) is 4.79 Å². The van der Waals surface area contributed by atoms with E-state index in [0.717, 1.165) is 0 Å². The van der Waals surface area contributed by atoms with Gasteiger partial charge in [0, 0.05) is 5.41 Å². The zero-order valence-electron chi connectivity index (χ0n) is 6.84. The molecular formula is C7H11ClO4. The van der Waals surface area contributed by atoms with Crippen LogP contribution in [0.2, 0.25) is 0 Å². The number of halogens is 1. The SMILES string of the molecule is CC1(COC(=O)OCCl)COC1. The lowest BCUT2D eigenvalue weighted by molar-refractivity contribution is -0.130. The maximum absolute atomic E-state index is 10.7. The molecule has 1 aliphatic heterocycles. The fourth-order valence-electron chi connectivity index (χ4n) is 0.853. The minimum atomic E-state index is -0.724. The van der Waals surface area contributed by atoms with E-state index in [1.807, 2.05) is 6.92 Å². The molecule has 0 aliphatic carbocycles. The minimum absolute atomic E-state index is 0.0364. The average Bonchev–Trinajstić information content (AvgIpc) is 1.98. The summed E-state index contributed by atoms with van der Waals surface area (Å²) in [7, 11) is 0. The van der Waals surface area contributed by atoms with Crippen molar-refractivity contribution in [3.05, 3.63) is 0 Å². The highest BCUT2D eigenvalue weighted by molar-refractivity contribution is 6.17. The van der Waals surface area contributed by atoms with Crippen LogP contribution in [-0.4, -0.2) is 32.0 Å². The van der Waals surface area contributed by atoms with Crippen LogP contribution in [0.15, 0.2) is 0 Å². The summed E-state index contributed by atoms with van der Waals surface area (Å²) in [5, 5.41) is 0. The Morgan fingerprint density at radius 3 is 2.67 bits per heavy atom. The molecule has 1 aliphatic rings. The third-order valence-corrected chi connectivity index (χ3v) is 1.72. The van der Waals surface area contributed by atoms with E-state index in [0.29, 0.717) is 19.8 Å². The monoisotopic (exact) mass is 194 g/mol. The maximum atomic E-state index is 10.7. The lowest BCUT2D eigenvalue weighted by atomic mass is 9.90. The molecule has 5 heteroatoms. The lowest BCUT2D eigenvalue weighted by Gasteiger charge is -2.36. The Kier molecular flexibility index (Phi) is 3.17. The second-order valence-electron chi connectivity index (χ2n) is 3.10. The summed E-state index contributed by atoms with van der Waals surface area (Å²) in [6, 6.07) is -0.175. The van der Waals surface area contributed by atoms with Gasteiger partial charge in [-0.15, -0.1) is 0 Å². The number of alkyl halides is 1. The van der Waals surface area contributed by atoms with Crippen molar-refractivity contribution in [2.24, 2.45) is 5.41 Å². The van der Waals surface area contributed by atoms with Crippen molar-refractivity contribution in [3.8, 4) is 0 Å². The summed E-state index contributed by atoms with van der Waals surface area (Å²) >= 11 is 5.15. The molecule has 0 aromatic heterocycles. The molecule has 0 aromatic rings. The van der Waals surface area contributed by atoms with Crippen LogP contribution < -0.4 is 0 Å². The Morgan fingerprint density at radius 1 is 1.58 bits per heavy atom. The van der Waals surface area contributed by atoms with Crippen LogP contribution >= 0.6 is 11.6 Å². The number of carbonyl (C=O) groups excluding carboxylic acids is 1. The van der Waals surface area contributed by atoms with E-state index < -0.39 is 6.16 Å².